The van der Waals surface area contributed by atoms with Gasteiger partial charge in [0.1, 0.15) is 12.2 Å². The number of pyridine rings is 1. The predicted molar refractivity (Wildman–Crippen MR) is 65.8 cm³/mol. The maximum atomic E-state index is 11.3. The Balaban J connectivity index is 2.16. The van der Waals surface area contributed by atoms with Crippen molar-refractivity contribution in [3.63, 3.8) is 0 Å². The lowest BCUT2D eigenvalue weighted by Crippen LogP contribution is -2.16. The van der Waals surface area contributed by atoms with E-state index in [1.165, 1.54) is 0 Å². The van der Waals surface area contributed by atoms with Gasteiger partial charge < -0.3 is 14.6 Å². The van der Waals surface area contributed by atoms with Gasteiger partial charge in [0.2, 0.25) is 0 Å². The van der Waals surface area contributed by atoms with Crippen LogP contribution in [0.2, 0.25) is 0 Å². The highest BCUT2D eigenvalue weighted by atomic mass is 16.5. The minimum absolute atomic E-state index is 0.168. The molecule has 90 valence electrons. The molecule has 0 unspecified atom stereocenters. The maximum Gasteiger partial charge on any atom is 0.325 e. The van der Waals surface area contributed by atoms with Crippen molar-refractivity contribution >= 4 is 22.7 Å². The highest BCUT2D eigenvalue weighted by Crippen LogP contribution is 2.21. The average molecular weight is 233 g/mol. The minimum Gasteiger partial charge on any atom is -0.465 e. The van der Waals surface area contributed by atoms with Gasteiger partial charge in [0, 0.05) is 30.5 Å². The maximum absolute atomic E-state index is 11.3. The van der Waals surface area contributed by atoms with Gasteiger partial charge >= 0.3 is 5.97 Å². The number of hydrogen-bond acceptors (Lipinski definition) is 4. The fourth-order valence-electron chi connectivity index (χ4n) is 1.70. The van der Waals surface area contributed by atoms with Gasteiger partial charge in [0.05, 0.1) is 6.61 Å². The molecule has 17 heavy (non-hydrogen) atoms. The fraction of sp³-hybridized carbons (Fsp3) is 0.333. The molecule has 0 aliphatic heterocycles. The van der Waals surface area contributed by atoms with Gasteiger partial charge in [-0.25, -0.2) is 4.98 Å². The number of rotatable bonds is 4. The standard InChI is InChI=1S/C12H15N3O2/c1-3-17-11(16)8-14-10-4-6-13-12-9(10)5-7-15(12)2/h4-7H,3,8H2,1-2H3,(H,13,14). The first-order valence-corrected chi connectivity index (χ1v) is 5.52. The smallest absolute Gasteiger partial charge is 0.325 e. The lowest BCUT2D eigenvalue weighted by atomic mass is 10.3. The number of nitrogens with one attached hydrogen (secondary N) is 1. The van der Waals surface area contributed by atoms with Crippen molar-refractivity contribution in [2.75, 3.05) is 18.5 Å². The van der Waals surface area contributed by atoms with Gasteiger partial charge in [-0.15, -0.1) is 0 Å². The molecule has 0 bridgehead atoms. The third-order valence-electron chi connectivity index (χ3n) is 2.50. The average Bonchev–Trinajstić information content (AvgIpc) is 2.70. The van der Waals surface area contributed by atoms with Crippen molar-refractivity contribution in [2.45, 2.75) is 6.92 Å². The molecule has 2 aromatic rings. The summed E-state index contributed by atoms with van der Waals surface area (Å²) < 4.78 is 6.79. The summed E-state index contributed by atoms with van der Waals surface area (Å²) in [5.74, 6) is -0.256. The van der Waals surface area contributed by atoms with Gasteiger partial charge in [0.15, 0.2) is 0 Å². The monoisotopic (exact) mass is 233 g/mol. The fourth-order valence-corrected chi connectivity index (χ4v) is 1.70. The first-order valence-electron chi connectivity index (χ1n) is 5.52. The molecule has 2 heterocycles. The molecule has 0 saturated heterocycles. The SMILES string of the molecule is CCOC(=O)CNc1ccnc2c1ccn2C. The van der Waals surface area contributed by atoms with Crippen molar-refractivity contribution < 1.29 is 9.53 Å². The molecule has 5 heteroatoms. The Morgan fingerprint density at radius 3 is 3.12 bits per heavy atom. The number of aryl methyl sites for hydroxylation is 1. The quantitative estimate of drug-likeness (QED) is 0.814. The van der Waals surface area contributed by atoms with E-state index in [1.54, 1.807) is 13.1 Å². The normalized spacial score (nSPS) is 10.5. The van der Waals surface area contributed by atoms with E-state index in [0.717, 1.165) is 16.7 Å². The summed E-state index contributed by atoms with van der Waals surface area (Å²) in [6.45, 7) is 2.36. The molecular formula is C12H15N3O2. The molecule has 2 rings (SSSR count). The predicted octanol–water partition coefficient (Wildman–Crippen LogP) is 1.55. The van der Waals surface area contributed by atoms with E-state index >= 15 is 0 Å². The molecule has 2 aromatic heterocycles. The zero-order valence-corrected chi connectivity index (χ0v) is 9.93. The Bertz CT molecular complexity index is 534. The number of anilines is 1. The number of aromatic nitrogens is 2. The van der Waals surface area contributed by atoms with Crippen LogP contribution in [-0.4, -0.2) is 28.7 Å². The van der Waals surface area contributed by atoms with E-state index in [1.807, 2.05) is 29.9 Å². The summed E-state index contributed by atoms with van der Waals surface area (Å²) in [6.07, 6.45) is 3.66. The van der Waals surface area contributed by atoms with Crippen molar-refractivity contribution in [3.05, 3.63) is 24.5 Å². The largest absolute Gasteiger partial charge is 0.465 e. The van der Waals surface area contributed by atoms with E-state index in [4.69, 9.17) is 4.74 Å². The molecule has 0 amide bonds. The second kappa shape index (κ2) is 4.86. The number of ether oxygens (including phenoxy) is 1. The van der Waals surface area contributed by atoms with Crippen molar-refractivity contribution in [2.24, 2.45) is 7.05 Å². The number of nitrogens with zero attached hydrogens (tertiary/aromatic N) is 2. The molecular weight excluding hydrogens is 218 g/mol. The molecule has 0 spiro atoms. The molecule has 0 aliphatic carbocycles. The second-order valence-corrected chi connectivity index (χ2v) is 3.68. The topological polar surface area (TPSA) is 56.1 Å². The van der Waals surface area contributed by atoms with Crippen LogP contribution < -0.4 is 5.32 Å². The first-order chi connectivity index (χ1) is 8.22. The van der Waals surface area contributed by atoms with E-state index in [0.29, 0.717) is 6.61 Å². The Morgan fingerprint density at radius 1 is 1.53 bits per heavy atom. The summed E-state index contributed by atoms with van der Waals surface area (Å²) in [5, 5.41) is 4.06. The first kappa shape index (κ1) is 11.4. The zero-order chi connectivity index (χ0) is 12.3. The third-order valence-corrected chi connectivity index (χ3v) is 2.50. The van der Waals surface area contributed by atoms with Crippen LogP contribution in [-0.2, 0) is 16.6 Å². The van der Waals surface area contributed by atoms with E-state index in [9.17, 15) is 4.79 Å². The molecule has 1 N–H and O–H groups in total. The summed E-state index contributed by atoms with van der Waals surface area (Å²) in [4.78, 5) is 15.5. The molecule has 0 saturated carbocycles. The van der Waals surface area contributed by atoms with E-state index in [2.05, 4.69) is 10.3 Å². The van der Waals surface area contributed by atoms with Gasteiger partial charge in [0.25, 0.3) is 0 Å². The van der Waals surface area contributed by atoms with Crippen LogP contribution in [0.25, 0.3) is 11.0 Å². The van der Waals surface area contributed by atoms with E-state index < -0.39 is 0 Å². The minimum atomic E-state index is -0.256. The van der Waals surface area contributed by atoms with Crippen LogP contribution >= 0.6 is 0 Å². The van der Waals surface area contributed by atoms with Gasteiger partial charge in [-0.1, -0.05) is 0 Å². The Kier molecular flexibility index (Phi) is 3.27. The van der Waals surface area contributed by atoms with Gasteiger partial charge in [-0.2, -0.15) is 0 Å². The van der Waals surface area contributed by atoms with Crippen molar-refractivity contribution in [3.8, 4) is 0 Å². The van der Waals surface area contributed by atoms with Crippen molar-refractivity contribution in [1.29, 1.82) is 0 Å². The number of carbonyl (C=O) groups excluding carboxylic acids is 1. The summed E-state index contributed by atoms with van der Waals surface area (Å²) in [7, 11) is 1.93. The highest BCUT2D eigenvalue weighted by Gasteiger charge is 2.06. The van der Waals surface area contributed by atoms with Crippen LogP contribution in [0.15, 0.2) is 24.5 Å². The molecule has 0 radical (unpaired) electrons. The van der Waals surface area contributed by atoms with E-state index in [-0.39, 0.29) is 12.5 Å². The summed E-state index contributed by atoms with van der Waals surface area (Å²) in [5.41, 5.74) is 1.78. The Hall–Kier alpha value is -2.04. The highest BCUT2D eigenvalue weighted by molar-refractivity contribution is 5.91. The zero-order valence-electron chi connectivity index (χ0n) is 9.93. The lowest BCUT2D eigenvalue weighted by molar-refractivity contribution is -0.140. The number of esters is 1. The Labute approximate surface area is 99.4 Å². The number of hydrogen-bond donors (Lipinski definition) is 1. The molecule has 5 nitrogen and oxygen atoms in total. The van der Waals surface area contributed by atoms with Gasteiger partial charge in [-0.3, -0.25) is 4.79 Å². The number of fused-ring (bicyclic) bond motifs is 1. The van der Waals surface area contributed by atoms with Crippen molar-refractivity contribution in [1.82, 2.24) is 9.55 Å². The van der Waals surface area contributed by atoms with Crippen LogP contribution in [0.1, 0.15) is 6.92 Å². The third kappa shape index (κ3) is 2.38. The van der Waals surface area contributed by atoms with Crippen LogP contribution in [0.4, 0.5) is 5.69 Å². The lowest BCUT2D eigenvalue weighted by Gasteiger charge is -2.07. The summed E-state index contributed by atoms with van der Waals surface area (Å²) in [6, 6.07) is 3.82. The molecule has 0 aromatic carbocycles. The van der Waals surface area contributed by atoms with Crippen LogP contribution in [0, 0.1) is 0 Å². The molecule has 0 atom stereocenters. The van der Waals surface area contributed by atoms with Gasteiger partial charge in [-0.05, 0) is 19.1 Å². The second-order valence-electron chi connectivity index (χ2n) is 3.68. The van der Waals surface area contributed by atoms with Crippen LogP contribution in [0.3, 0.4) is 0 Å². The number of carbonyl (C=O) groups is 1. The summed E-state index contributed by atoms with van der Waals surface area (Å²) >= 11 is 0. The Morgan fingerprint density at radius 2 is 2.35 bits per heavy atom. The van der Waals surface area contributed by atoms with Crippen LogP contribution in [0.5, 0.6) is 0 Å². The molecule has 0 aliphatic rings. The molecule has 0 fully saturated rings.